The lowest BCUT2D eigenvalue weighted by atomic mass is 10.0. The lowest BCUT2D eigenvalue weighted by Gasteiger charge is -2.16. The van der Waals surface area contributed by atoms with E-state index in [1.807, 2.05) is 25.1 Å². The molecule has 1 unspecified atom stereocenters. The Morgan fingerprint density at radius 1 is 1.59 bits per heavy atom. The zero-order valence-electron chi connectivity index (χ0n) is 9.65. The van der Waals surface area contributed by atoms with E-state index in [1.165, 1.54) is 0 Å². The second kappa shape index (κ2) is 6.61. The van der Waals surface area contributed by atoms with E-state index in [9.17, 15) is 4.79 Å². The highest BCUT2D eigenvalue weighted by molar-refractivity contribution is 9.10. The number of carboxylic acids is 1. The van der Waals surface area contributed by atoms with Crippen LogP contribution < -0.4 is 10.5 Å². The summed E-state index contributed by atoms with van der Waals surface area (Å²) in [5, 5.41) is 8.64. The third kappa shape index (κ3) is 4.36. The van der Waals surface area contributed by atoms with Gasteiger partial charge in [0.2, 0.25) is 0 Å². The molecule has 0 aliphatic heterocycles. The Morgan fingerprint density at radius 3 is 2.88 bits per heavy atom. The maximum absolute atomic E-state index is 10.5. The van der Waals surface area contributed by atoms with Crippen molar-refractivity contribution in [3.8, 4) is 5.75 Å². The van der Waals surface area contributed by atoms with Crippen molar-refractivity contribution in [1.82, 2.24) is 0 Å². The first kappa shape index (κ1) is 14.0. The van der Waals surface area contributed by atoms with E-state index >= 15 is 0 Å². The molecule has 0 saturated heterocycles. The number of benzene rings is 1. The number of ether oxygens (including phenoxy) is 1. The molecule has 3 N–H and O–H groups in total. The average Bonchev–Trinajstić information content (AvgIpc) is 2.28. The zero-order chi connectivity index (χ0) is 12.8. The topological polar surface area (TPSA) is 72.5 Å². The van der Waals surface area contributed by atoms with Crippen LogP contribution >= 0.6 is 15.9 Å². The highest BCUT2D eigenvalue weighted by atomic mass is 79.9. The molecule has 0 saturated carbocycles. The molecule has 0 aromatic heterocycles. The first-order valence-corrected chi connectivity index (χ1v) is 6.23. The van der Waals surface area contributed by atoms with Crippen molar-refractivity contribution >= 4 is 21.9 Å². The lowest BCUT2D eigenvalue weighted by Crippen LogP contribution is -2.14. The number of hydrogen-bond acceptors (Lipinski definition) is 3. The Kier molecular flexibility index (Phi) is 5.44. The molecule has 94 valence electrons. The minimum atomic E-state index is -0.839. The number of carbonyl (C=O) groups is 1. The Bertz CT molecular complexity index is 395. The zero-order valence-corrected chi connectivity index (χ0v) is 11.2. The maximum Gasteiger partial charge on any atom is 0.303 e. The van der Waals surface area contributed by atoms with Crippen LogP contribution in [-0.4, -0.2) is 17.7 Å². The summed E-state index contributed by atoms with van der Waals surface area (Å²) in [6, 6.07) is 5.25. The fourth-order valence-electron chi connectivity index (χ4n) is 1.53. The number of aliphatic carboxylic acids is 1. The van der Waals surface area contributed by atoms with E-state index in [0.717, 1.165) is 10.0 Å². The normalized spacial score (nSPS) is 12.2. The minimum Gasteiger partial charge on any atom is -0.494 e. The third-order valence-corrected chi connectivity index (χ3v) is 2.83. The predicted molar refractivity (Wildman–Crippen MR) is 69.1 cm³/mol. The van der Waals surface area contributed by atoms with Gasteiger partial charge >= 0.3 is 5.97 Å². The summed E-state index contributed by atoms with van der Waals surface area (Å²) in [7, 11) is 0. The van der Waals surface area contributed by atoms with Crippen LogP contribution in [0.15, 0.2) is 22.7 Å². The van der Waals surface area contributed by atoms with Gasteiger partial charge in [-0.2, -0.15) is 0 Å². The molecule has 4 nitrogen and oxygen atoms in total. The highest BCUT2D eigenvalue weighted by Gasteiger charge is 2.14. The number of nitrogens with two attached hydrogens (primary N) is 1. The fraction of sp³-hybridized carbons (Fsp3) is 0.417. The summed E-state index contributed by atoms with van der Waals surface area (Å²) in [5.74, 6) is -0.123. The van der Waals surface area contributed by atoms with Gasteiger partial charge in [0.1, 0.15) is 5.75 Å². The Balaban J connectivity index is 2.85. The molecule has 0 heterocycles. The van der Waals surface area contributed by atoms with Crippen molar-refractivity contribution in [2.75, 3.05) is 6.61 Å². The summed E-state index contributed by atoms with van der Waals surface area (Å²) >= 11 is 3.37. The number of carboxylic acid groups (broad SMARTS) is 1. The van der Waals surface area contributed by atoms with E-state index in [-0.39, 0.29) is 12.5 Å². The van der Waals surface area contributed by atoms with Crippen LogP contribution in [-0.2, 0) is 4.79 Å². The second-order valence-electron chi connectivity index (χ2n) is 3.65. The molecule has 5 heteroatoms. The molecule has 1 aromatic carbocycles. The second-order valence-corrected chi connectivity index (χ2v) is 4.57. The lowest BCUT2D eigenvalue weighted by molar-refractivity contribution is -0.137. The molecule has 0 amide bonds. The van der Waals surface area contributed by atoms with Gasteiger partial charge in [-0.05, 0) is 31.5 Å². The van der Waals surface area contributed by atoms with Gasteiger partial charge in [0.05, 0.1) is 6.61 Å². The molecule has 0 radical (unpaired) electrons. The SMILES string of the molecule is CCOc1ccc(Br)cc1C(N)CCC(=O)O. The van der Waals surface area contributed by atoms with E-state index in [4.69, 9.17) is 15.6 Å². The first-order valence-electron chi connectivity index (χ1n) is 5.44. The summed E-state index contributed by atoms with van der Waals surface area (Å²) in [5.41, 5.74) is 6.81. The summed E-state index contributed by atoms with van der Waals surface area (Å²) in [6.45, 7) is 2.45. The first-order chi connectivity index (χ1) is 8.04. The molecule has 0 aliphatic carbocycles. The molecule has 17 heavy (non-hydrogen) atoms. The van der Waals surface area contributed by atoms with Crippen molar-refractivity contribution < 1.29 is 14.6 Å². The molecule has 0 aliphatic rings. The van der Waals surface area contributed by atoms with Crippen molar-refractivity contribution in [2.24, 2.45) is 5.73 Å². The summed E-state index contributed by atoms with van der Waals surface area (Å²) in [6.07, 6.45) is 0.450. The van der Waals surface area contributed by atoms with E-state index in [1.54, 1.807) is 0 Å². The number of rotatable bonds is 6. The standard InChI is InChI=1S/C12H16BrNO3/c1-2-17-11-5-3-8(13)7-9(11)10(14)4-6-12(15)16/h3,5,7,10H,2,4,6,14H2,1H3,(H,15,16). The van der Waals surface area contributed by atoms with E-state index in [2.05, 4.69) is 15.9 Å². The molecule has 1 rings (SSSR count). The van der Waals surface area contributed by atoms with Crippen LogP contribution in [0.2, 0.25) is 0 Å². The molecule has 0 bridgehead atoms. The van der Waals surface area contributed by atoms with Gasteiger partial charge in [0.15, 0.2) is 0 Å². The van der Waals surface area contributed by atoms with Gasteiger partial charge < -0.3 is 15.6 Å². The summed E-state index contributed by atoms with van der Waals surface area (Å²) in [4.78, 5) is 10.5. The number of halogens is 1. The Hall–Kier alpha value is -1.07. The van der Waals surface area contributed by atoms with Crippen LogP contribution in [0, 0.1) is 0 Å². The highest BCUT2D eigenvalue weighted by Crippen LogP contribution is 2.29. The third-order valence-electron chi connectivity index (χ3n) is 2.34. The molecule has 0 spiro atoms. The largest absolute Gasteiger partial charge is 0.494 e. The monoisotopic (exact) mass is 301 g/mol. The van der Waals surface area contributed by atoms with Crippen LogP contribution in [0.5, 0.6) is 5.75 Å². The van der Waals surface area contributed by atoms with E-state index in [0.29, 0.717) is 18.8 Å². The van der Waals surface area contributed by atoms with Gasteiger partial charge in [-0.15, -0.1) is 0 Å². The smallest absolute Gasteiger partial charge is 0.303 e. The predicted octanol–water partition coefficient (Wildman–Crippen LogP) is 2.71. The molecule has 0 fully saturated rings. The summed E-state index contributed by atoms with van der Waals surface area (Å²) < 4.78 is 6.38. The molecule has 1 aromatic rings. The fourth-order valence-corrected chi connectivity index (χ4v) is 1.91. The van der Waals surface area contributed by atoms with Gasteiger partial charge in [-0.1, -0.05) is 15.9 Å². The Labute approximate surface area is 109 Å². The Morgan fingerprint density at radius 2 is 2.29 bits per heavy atom. The quantitative estimate of drug-likeness (QED) is 0.847. The van der Waals surface area contributed by atoms with Gasteiger partial charge in [0, 0.05) is 22.5 Å². The average molecular weight is 302 g/mol. The maximum atomic E-state index is 10.5. The molecule has 1 atom stereocenters. The van der Waals surface area contributed by atoms with Gasteiger partial charge in [-0.3, -0.25) is 4.79 Å². The van der Waals surface area contributed by atoms with Crippen LogP contribution in [0.3, 0.4) is 0 Å². The molecular weight excluding hydrogens is 286 g/mol. The van der Waals surface area contributed by atoms with Crippen LogP contribution in [0.25, 0.3) is 0 Å². The number of hydrogen-bond donors (Lipinski definition) is 2. The van der Waals surface area contributed by atoms with Crippen molar-refractivity contribution in [2.45, 2.75) is 25.8 Å². The van der Waals surface area contributed by atoms with Crippen LogP contribution in [0.4, 0.5) is 0 Å². The van der Waals surface area contributed by atoms with E-state index < -0.39 is 5.97 Å². The van der Waals surface area contributed by atoms with Crippen LogP contribution in [0.1, 0.15) is 31.4 Å². The van der Waals surface area contributed by atoms with Crippen molar-refractivity contribution in [3.05, 3.63) is 28.2 Å². The van der Waals surface area contributed by atoms with Gasteiger partial charge in [0.25, 0.3) is 0 Å². The van der Waals surface area contributed by atoms with Crippen molar-refractivity contribution in [3.63, 3.8) is 0 Å². The molecular formula is C12H16BrNO3. The van der Waals surface area contributed by atoms with Crippen molar-refractivity contribution in [1.29, 1.82) is 0 Å². The van der Waals surface area contributed by atoms with Gasteiger partial charge in [-0.25, -0.2) is 0 Å². The minimum absolute atomic E-state index is 0.0548.